The number of rotatable bonds is 5. The number of aliphatic hydroxyl groups excluding tert-OH is 1. The third kappa shape index (κ3) is 3.74. The van der Waals surface area contributed by atoms with Gasteiger partial charge in [-0.05, 0) is 91.9 Å². The average Bonchev–Trinajstić information content (AvgIpc) is 2.71. The van der Waals surface area contributed by atoms with Gasteiger partial charge in [0, 0.05) is 17.7 Å². The highest BCUT2D eigenvalue weighted by Gasteiger charge is 2.52. The molecular formula is C28H47NO. The first-order valence-corrected chi connectivity index (χ1v) is 13.1. The molecule has 0 spiro atoms. The summed E-state index contributed by atoms with van der Waals surface area (Å²) in [4.78, 5) is 5.26. The fourth-order valence-electron chi connectivity index (χ4n) is 7.81. The minimum Gasteiger partial charge on any atom is -0.393 e. The van der Waals surface area contributed by atoms with E-state index < -0.39 is 0 Å². The number of aliphatic hydroxyl groups is 1. The van der Waals surface area contributed by atoms with Crippen LogP contribution in [0.2, 0.25) is 0 Å². The van der Waals surface area contributed by atoms with E-state index in [1.54, 1.807) is 11.1 Å². The van der Waals surface area contributed by atoms with Crippen LogP contribution in [0, 0.1) is 40.4 Å². The average molecular weight is 414 g/mol. The number of hydrogen-bond donors (Lipinski definition) is 1. The SMILES string of the molecule is CC(C)C(C)CCC(C)C1CCN=C2C3=C(CCC21C)C1(C)CCC(O)CC1CC3. The van der Waals surface area contributed by atoms with Gasteiger partial charge in [-0.25, -0.2) is 0 Å². The van der Waals surface area contributed by atoms with Crippen molar-refractivity contribution in [2.45, 2.75) is 112 Å². The molecule has 0 amide bonds. The van der Waals surface area contributed by atoms with Crippen molar-refractivity contribution in [1.82, 2.24) is 0 Å². The summed E-state index contributed by atoms with van der Waals surface area (Å²) < 4.78 is 0. The molecule has 1 N–H and O–H groups in total. The molecule has 0 saturated heterocycles. The molecule has 4 rings (SSSR count). The van der Waals surface area contributed by atoms with Gasteiger partial charge in [0.25, 0.3) is 0 Å². The van der Waals surface area contributed by atoms with Crippen LogP contribution < -0.4 is 0 Å². The second-order valence-electron chi connectivity index (χ2n) is 12.4. The molecule has 0 aromatic carbocycles. The smallest absolute Gasteiger partial charge is 0.0543 e. The van der Waals surface area contributed by atoms with Crippen LogP contribution in [0.5, 0.6) is 0 Å². The molecule has 3 aliphatic carbocycles. The summed E-state index contributed by atoms with van der Waals surface area (Å²) in [7, 11) is 0. The Hall–Kier alpha value is -0.630. The van der Waals surface area contributed by atoms with Gasteiger partial charge in [0.05, 0.1) is 6.10 Å². The molecule has 0 aromatic heterocycles. The van der Waals surface area contributed by atoms with Gasteiger partial charge >= 0.3 is 0 Å². The Bertz CT molecular complexity index is 705. The van der Waals surface area contributed by atoms with E-state index in [0.29, 0.717) is 11.3 Å². The van der Waals surface area contributed by atoms with Crippen LogP contribution in [-0.4, -0.2) is 23.5 Å². The summed E-state index contributed by atoms with van der Waals surface area (Å²) in [5, 5.41) is 10.3. The molecule has 0 radical (unpaired) electrons. The first-order chi connectivity index (χ1) is 14.2. The molecule has 7 atom stereocenters. The Morgan fingerprint density at radius 3 is 2.47 bits per heavy atom. The highest BCUT2D eigenvalue weighted by Crippen LogP contribution is 2.60. The monoisotopic (exact) mass is 413 g/mol. The molecule has 4 aliphatic rings. The summed E-state index contributed by atoms with van der Waals surface area (Å²) in [5.74, 6) is 3.89. The predicted octanol–water partition coefficient (Wildman–Crippen LogP) is 7.21. The van der Waals surface area contributed by atoms with E-state index in [9.17, 15) is 5.11 Å². The minimum atomic E-state index is -0.0652. The topological polar surface area (TPSA) is 32.6 Å². The fourth-order valence-corrected chi connectivity index (χ4v) is 7.81. The third-order valence-electron chi connectivity index (χ3n) is 10.4. The van der Waals surface area contributed by atoms with Gasteiger partial charge in [-0.3, -0.25) is 4.99 Å². The van der Waals surface area contributed by atoms with Crippen LogP contribution in [0.25, 0.3) is 0 Å². The van der Waals surface area contributed by atoms with Gasteiger partial charge in [-0.2, -0.15) is 0 Å². The zero-order valence-corrected chi connectivity index (χ0v) is 20.6. The maximum absolute atomic E-state index is 10.3. The summed E-state index contributed by atoms with van der Waals surface area (Å²) in [6.07, 6.45) is 12.2. The molecule has 2 nitrogen and oxygen atoms in total. The first kappa shape index (κ1) is 22.6. The molecule has 170 valence electrons. The second kappa shape index (κ2) is 8.38. The van der Waals surface area contributed by atoms with Crippen LogP contribution in [0.4, 0.5) is 0 Å². The van der Waals surface area contributed by atoms with Crippen LogP contribution in [0.1, 0.15) is 106 Å². The molecule has 0 aromatic rings. The van der Waals surface area contributed by atoms with Crippen molar-refractivity contribution in [3.05, 3.63) is 11.1 Å². The van der Waals surface area contributed by atoms with Crippen molar-refractivity contribution < 1.29 is 5.11 Å². The Labute approximate surface area is 186 Å². The lowest BCUT2D eigenvalue weighted by Crippen LogP contribution is -2.50. The number of fused-ring (bicyclic) bond motifs is 4. The largest absolute Gasteiger partial charge is 0.393 e. The van der Waals surface area contributed by atoms with E-state index in [1.165, 1.54) is 57.1 Å². The van der Waals surface area contributed by atoms with E-state index in [0.717, 1.165) is 43.1 Å². The Balaban J connectivity index is 1.57. The van der Waals surface area contributed by atoms with Gasteiger partial charge in [-0.1, -0.05) is 60.0 Å². The Morgan fingerprint density at radius 2 is 1.73 bits per heavy atom. The van der Waals surface area contributed by atoms with E-state index in [-0.39, 0.29) is 11.5 Å². The Morgan fingerprint density at radius 1 is 0.967 bits per heavy atom. The van der Waals surface area contributed by atoms with Gasteiger partial charge in [0.1, 0.15) is 0 Å². The van der Waals surface area contributed by atoms with E-state index in [4.69, 9.17) is 4.99 Å². The van der Waals surface area contributed by atoms with Crippen molar-refractivity contribution in [1.29, 1.82) is 0 Å². The number of nitrogens with zero attached hydrogens (tertiary/aromatic N) is 1. The van der Waals surface area contributed by atoms with Gasteiger partial charge in [-0.15, -0.1) is 0 Å². The van der Waals surface area contributed by atoms with Crippen molar-refractivity contribution >= 4 is 5.71 Å². The van der Waals surface area contributed by atoms with Gasteiger partial charge in [0.15, 0.2) is 0 Å². The van der Waals surface area contributed by atoms with E-state index in [1.807, 2.05) is 0 Å². The summed E-state index contributed by atoms with van der Waals surface area (Å²) >= 11 is 0. The summed E-state index contributed by atoms with van der Waals surface area (Å²) in [6, 6.07) is 0. The fraction of sp³-hybridized carbons (Fsp3) is 0.893. The van der Waals surface area contributed by atoms with Gasteiger partial charge < -0.3 is 5.11 Å². The molecule has 1 heterocycles. The maximum atomic E-state index is 10.3. The summed E-state index contributed by atoms with van der Waals surface area (Å²) in [5.41, 5.74) is 5.56. The van der Waals surface area contributed by atoms with Crippen molar-refractivity contribution in [2.75, 3.05) is 6.54 Å². The molecule has 1 saturated carbocycles. The predicted molar refractivity (Wildman–Crippen MR) is 128 cm³/mol. The van der Waals surface area contributed by atoms with Crippen LogP contribution >= 0.6 is 0 Å². The minimum absolute atomic E-state index is 0.0652. The molecule has 1 aliphatic heterocycles. The molecular weight excluding hydrogens is 366 g/mol. The van der Waals surface area contributed by atoms with E-state index >= 15 is 0 Å². The first-order valence-electron chi connectivity index (χ1n) is 13.1. The van der Waals surface area contributed by atoms with Crippen LogP contribution in [-0.2, 0) is 0 Å². The molecule has 2 heteroatoms. The lowest BCUT2D eigenvalue weighted by molar-refractivity contribution is 0.0238. The van der Waals surface area contributed by atoms with Crippen LogP contribution in [0.15, 0.2) is 16.1 Å². The lowest BCUT2D eigenvalue weighted by Gasteiger charge is -2.55. The third-order valence-corrected chi connectivity index (χ3v) is 10.4. The van der Waals surface area contributed by atoms with Crippen molar-refractivity contribution in [3.8, 4) is 0 Å². The zero-order chi connectivity index (χ0) is 21.7. The second-order valence-corrected chi connectivity index (χ2v) is 12.4. The molecule has 30 heavy (non-hydrogen) atoms. The Kier molecular flexibility index (Phi) is 6.30. The van der Waals surface area contributed by atoms with Crippen molar-refractivity contribution in [3.63, 3.8) is 0 Å². The van der Waals surface area contributed by atoms with Crippen LogP contribution in [0.3, 0.4) is 0 Å². The number of hydrogen-bond acceptors (Lipinski definition) is 2. The maximum Gasteiger partial charge on any atom is 0.0543 e. The number of aliphatic imine (C=N–C) groups is 1. The molecule has 0 bridgehead atoms. The highest BCUT2D eigenvalue weighted by molar-refractivity contribution is 6.06. The number of allylic oxidation sites excluding steroid dienone is 2. The van der Waals surface area contributed by atoms with E-state index in [2.05, 4.69) is 41.5 Å². The standard InChI is InChI=1S/C28H47NO/c1-18(2)19(3)7-8-20(4)24-13-16-29-26-23-10-9-21-17-22(30)11-14-27(21,5)25(23)12-15-28(24,26)6/h18-22,24,30H,7-17H2,1-6H3. The molecule has 1 fully saturated rings. The molecule has 7 unspecified atom stereocenters. The normalized spacial score (nSPS) is 40.9. The quantitative estimate of drug-likeness (QED) is 0.507. The highest BCUT2D eigenvalue weighted by atomic mass is 16.3. The van der Waals surface area contributed by atoms with Crippen molar-refractivity contribution in [2.24, 2.45) is 45.4 Å². The zero-order valence-electron chi connectivity index (χ0n) is 20.6. The van der Waals surface area contributed by atoms with Gasteiger partial charge in [0.2, 0.25) is 0 Å². The summed E-state index contributed by atoms with van der Waals surface area (Å²) in [6.45, 7) is 15.9. The lowest BCUT2D eigenvalue weighted by atomic mass is 9.50.